The molecule has 40 heavy (non-hydrogen) atoms. The quantitative estimate of drug-likeness (QED) is 0.206. The molecule has 0 unspecified atom stereocenters. The number of fused-ring (bicyclic) bond motifs is 3. The van der Waals surface area contributed by atoms with E-state index in [9.17, 15) is 0 Å². The van der Waals surface area contributed by atoms with E-state index < -0.39 is 0 Å². The highest BCUT2D eigenvalue weighted by Gasteiger charge is 2.22. The Balaban J connectivity index is 1.63. The van der Waals surface area contributed by atoms with Crippen molar-refractivity contribution in [2.24, 2.45) is 0 Å². The van der Waals surface area contributed by atoms with Gasteiger partial charge in [-0.15, -0.1) is 0 Å². The molecule has 0 atom stereocenters. The van der Waals surface area contributed by atoms with E-state index in [1.54, 1.807) is 0 Å². The van der Waals surface area contributed by atoms with E-state index in [0.29, 0.717) is 0 Å². The van der Waals surface area contributed by atoms with Crippen LogP contribution in [0.25, 0.3) is 60.1 Å². The Labute approximate surface area is 237 Å². The van der Waals surface area contributed by atoms with E-state index in [0.717, 1.165) is 12.8 Å². The largest absolute Gasteiger partial charge is 0.0842 e. The number of benzene rings is 6. The van der Waals surface area contributed by atoms with Crippen molar-refractivity contribution < 1.29 is 0 Å². The molecule has 194 valence electrons. The van der Waals surface area contributed by atoms with Gasteiger partial charge in [-0.1, -0.05) is 136 Å². The lowest BCUT2D eigenvalue weighted by Gasteiger charge is -2.24. The Morgan fingerprint density at radius 1 is 0.550 bits per heavy atom. The van der Waals surface area contributed by atoms with Crippen molar-refractivity contribution in [3.8, 4) is 22.3 Å². The molecule has 7 rings (SSSR count). The molecule has 0 nitrogen and oxygen atoms in total. The first-order chi connectivity index (χ1) is 19.5. The van der Waals surface area contributed by atoms with E-state index in [1.165, 1.54) is 71.3 Å². The molecule has 0 fully saturated rings. The van der Waals surface area contributed by atoms with Gasteiger partial charge < -0.3 is 0 Å². The summed E-state index contributed by atoms with van der Waals surface area (Å²) in [6.07, 6.45) is 8.95. The molecular formula is C40H34. The molecule has 0 aromatic heterocycles. The Kier molecular flexibility index (Phi) is 5.93. The SMILES string of the molecule is CC(C)(C)c1ccc2c(-c3ccc4ccccc4c3)c3ccccc3c(-c3ccccc3C3=CC=CCC3)c2c1. The summed E-state index contributed by atoms with van der Waals surface area (Å²) in [5.41, 5.74) is 9.42. The minimum absolute atomic E-state index is 0.0520. The zero-order valence-electron chi connectivity index (χ0n) is 23.5. The average molecular weight is 515 g/mol. The number of allylic oxidation sites excluding steroid dienone is 4. The van der Waals surface area contributed by atoms with Crippen LogP contribution in [0, 0.1) is 0 Å². The molecule has 0 amide bonds. The molecule has 0 heterocycles. The van der Waals surface area contributed by atoms with Crippen LogP contribution < -0.4 is 0 Å². The van der Waals surface area contributed by atoms with Crippen LogP contribution in [0.1, 0.15) is 44.7 Å². The Morgan fingerprint density at radius 3 is 1.98 bits per heavy atom. The monoisotopic (exact) mass is 514 g/mol. The molecule has 0 saturated heterocycles. The molecular weight excluding hydrogens is 480 g/mol. The molecule has 0 aliphatic heterocycles. The molecule has 6 aromatic rings. The summed E-state index contributed by atoms with van der Waals surface area (Å²) in [5.74, 6) is 0. The first-order valence-electron chi connectivity index (χ1n) is 14.4. The maximum absolute atomic E-state index is 2.47. The smallest absolute Gasteiger partial charge is 0.00201 e. The minimum Gasteiger partial charge on any atom is -0.0842 e. The van der Waals surface area contributed by atoms with E-state index in [-0.39, 0.29) is 5.41 Å². The third-order valence-corrected chi connectivity index (χ3v) is 8.48. The molecule has 1 aliphatic carbocycles. The van der Waals surface area contributed by atoms with Crippen LogP contribution >= 0.6 is 0 Å². The second-order valence-corrected chi connectivity index (χ2v) is 12.1. The molecule has 6 aromatic carbocycles. The second-order valence-electron chi connectivity index (χ2n) is 12.1. The highest BCUT2D eigenvalue weighted by atomic mass is 14.3. The van der Waals surface area contributed by atoms with E-state index in [1.807, 2.05) is 0 Å². The predicted molar refractivity (Wildman–Crippen MR) is 175 cm³/mol. The summed E-state index contributed by atoms with van der Waals surface area (Å²) >= 11 is 0. The summed E-state index contributed by atoms with van der Waals surface area (Å²) in [7, 11) is 0. The lowest BCUT2D eigenvalue weighted by molar-refractivity contribution is 0.591. The summed E-state index contributed by atoms with van der Waals surface area (Å²) < 4.78 is 0. The zero-order chi connectivity index (χ0) is 27.3. The molecule has 0 saturated carbocycles. The molecule has 0 heteroatoms. The minimum atomic E-state index is 0.0520. The Hall–Kier alpha value is -4.42. The van der Waals surface area contributed by atoms with Crippen molar-refractivity contribution in [3.05, 3.63) is 139 Å². The summed E-state index contributed by atoms with van der Waals surface area (Å²) in [6, 6.07) is 40.8. The van der Waals surface area contributed by atoms with Crippen molar-refractivity contribution in [3.63, 3.8) is 0 Å². The fourth-order valence-corrected chi connectivity index (χ4v) is 6.40. The highest BCUT2D eigenvalue weighted by molar-refractivity contribution is 6.22. The van der Waals surface area contributed by atoms with Crippen LogP contribution in [-0.2, 0) is 5.41 Å². The Bertz CT molecular complexity index is 1970. The maximum atomic E-state index is 2.47. The summed E-state index contributed by atoms with van der Waals surface area (Å²) in [5, 5.41) is 7.79. The topological polar surface area (TPSA) is 0 Å². The summed E-state index contributed by atoms with van der Waals surface area (Å²) in [6.45, 7) is 6.94. The van der Waals surface area contributed by atoms with E-state index in [4.69, 9.17) is 0 Å². The van der Waals surface area contributed by atoms with Crippen LogP contribution in [0.4, 0.5) is 0 Å². The van der Waals surface area contributed by atoms with Crippen LogP contribution in [0.15, 0.2) is 127 Å². The fourth-order valence-electron chi connectivity index (χ4n) is 6.40. The number of hydrogen-bond donors (Lipinski definition) is 0. The lowest BCUT2D eigenvalue weighted by Crippen LogP contribution is -2.10. The zero-order valence-corrected chi connectivity index (χ0v) is 23.5. The van der Waals surface area contributed by atoms with Crippen molar-refractivity contribution in [2.75, 3.05) is 0 Å². The van der Waals surface area contributed by atoms with Gasteiger partial charge in [0, 0.05) is 0 Å². The molecule has 0 bridgehead atoms. The second kappa shape index (κ2) is 9.65. The van der Waals surface area contributed by atoms with Crippen molar-refractivity contribution in [1.82, 2.24) is 0 Å². The van der Waals surface area contributed by atoms with Gasteiger partial charge in [0.2, 0.25) is 0 Å². The van der Waals surface area contributed by atoms with Gasteiger partial charge in [-0.25, -0.2) is 0 Å². The van der Waals surface area contributed by atoms with Gasteiger partial charge in [0.15, 0.2) is 0 Å². The summed E-state index contributed by atoms with van der Waals surface area (Å²) in [4.78, 5) is 0. The number of hydrogen-bond acceptors (Lipinski definition) is 0. The van der Waals surface area contributed by atoms with Gasteiger partial charge in [0.1, 0.15) is 0 Å². The van der Waals surface area contributed by atoms with Crippen molar-refractivity contribution in [2.45, 2.75) is 39.0 Å². The third-order valence-electron chi connectivity index (χ3n) is 8.48. The van der Waals surface area contributed by atoms with Crippen molar-refractivity contribution >= 4 is 37.9 Å². The van der Waals surface area contributed by atoms with Crippen LogP contribution in [-0.4, -0.2) is 0 Å². The molecule has 0 N–H and O–H groups in total. The standard InChI is InChI=1S/C40H34/c1-40(2,3)31-23-24-36-37(26-31)39(33-18-10-9-17-32(33)28-14-5-4-6-15-28)35-20-12-11-19-34(35)38(36)30-22-21-27-13-7-8-16-29(27)25-30/h4-5,7-14,16-26H,6,15H2,1-3H3. The first kappa shape index (κ1) is 24.6. The number of rotatable bonds is 3. The normalized spacial score (nSPS) is 13.7. The third kappa shape index (κ3) is 4.16. The van der Waals surface area contributed by atoms with Gasteiger partial charge in [0.05, 0.1) is 0 Å². The lowest BCUT2D eigenvalue weighted by atomic mass is 9.80. The van der Waals surface area contributed by atoms with E-state index in [2.05, 4.69) is 148 Å². The van der Waals surface area contributed by atoms with E-state index >= 15 is 0 Å². The predicted octanol–water partition coefficient (Wildman–Crippen LogP) is 11.5. The Morgan fingerprint density at radius 2 is 1.23 bits per heavy atom. The van der Waals surface area contributed by atoms with Crippen LogP contribution in [0.5, 0.6) is 0 Å². The first-order valence-corrected chi connectivity index (χ1v) is 14.4. The average Bonchev–Trinajstić information content (AvgIpc) is 2.99. The molecule has 1 aliphatic rings. The highest BCUT2D eigenvalue weighted by Crippen LogP contribution is 2.47. The van der Waals surface area contributed by atoms with Crippen LogP contribution in [0.3, 0.4) is 0 Å². The van der Waals surface area contributed by atoms with Gasteiger partial charge >= 0.3 is 0 Å². The van der Waals surface area contributed by atoms with Crippen LogP contribution in [0.2, 0.25) is 0 Å². The van der Waals surface area contributed by atoms with Gasteiger partial charge in [-0.05, 0) is 102 Å². The maximum Gasteiger partial charge on any atom is -0.00201 e. The van der Waals surface area contributed by atoms with Gasteiger partial charge in [-0.3, -0.25) is 0 Å². The molecule has 0 spiro atoms. The van der Waals surface area contributed by atoms with Crippen molar-refractivity contribution in [1.29, 1.82) is 0 Å². The fraction of sp³-hybridized carbons (Fsp3) is 0.150. The van der Waals surface area contributed by atoms with Gasteiger partial charge in [-0.2, -0.15) is 0 Å². The van der Waals surface area contributed by atoms with Gasteiger partial charge in [0.25, 0.3) is 0 Å². The molecule has 0 radical (unpaired) electrons.